The third kappa shape index (κ3) is 1.89. The van der Waals surface area contributed by atoms with Gasteiger partial charge in [-0.1, -0.05) is 0 Å². The van der Waals surface area contributed by atoms with E-state index in [1.807, 2.05) is 35.0 Å². The lowest BCUT2D eigenvalue weighted by Crippen LogP contribution is -2.02. The number of aromatic nitrogens is 4. The molecular formula is C12H13N5S. The monoisotopic (exact) mass is 259 g/mol. The van der Waals surface area contributed by atoms with Gasteiger partial charge >= 0.3 is 0 Å². The smallest absolute Gasteiger partial charge is 0.187 e. The lowest BCUT2D eigenvalue weighted by molar-refractivity contribution is 0.950. The van der Waals surface area contributed by atoms with Gasteiger partial charge in [0.1, 0.15) is 5.69 Å². The SMILES string of the molecule is Cc1ccn2c(-c3csc(CCN)n3)nnc2c1. The summed E-state index contributed by atoms with van der Waals surface area (Å²) >= 11 is 1.61. The fraction of sp³-hybridized carbons (Fsp3) is 0.250. The average molecular weight is 259 g/mol. The maximum Gasteiger partial charge on any atom is 0.187 e. The fourth-order valence-corrected chi connectivity index (χ4v) is 2.61. The zero-order chi connectivity index (χ0) is 12.5. The Bertz CT molecular complexity index is 685. The first-order valence-electron chi connectivity index (χ1n) is 5.74. The maximum absolute atomic E-state index is 5.53. The van der Waals surface area contributed by atoms with Gasteiger partial charge in [0.15, 0.2) is 11.5 Å². The molecule has 0 aliphatic carbocycles. The number of hydrogen-bond donors (Lipinski definition) is 1. The Morgan fingerprint density at radius 2 is 2.28 bits per heavy atom. The minimum absolute atomic E-state index is 0.618. The lowest BCUT2D eigenvalue weighted by Gasteiger charge is -1.97. The van der Waals surface area contributed by atoms with Gasteiger partial charge in [-0.15, -0.1) is 21.5 Å². The molecule has 0 unspecified atom stereocenters. The van der Waals surface area contributed by atoms with E-state index in [2.05, 4.69) is 15.2 Å². The molecule has 6 heteroatoms. The Labute approximate surface area is 108 Å². The van der Waals surface area contributed by atoms with Crippen LogP contribution in [-0.2, 0) is 6.42 Å². The van der Waals surface area contributed by atoms with Crippen LogP contribution in [0.3, 0.4) is 0 Å². The summed E-state index contributed by atoms with van der Waals surface area (Å²) in [6.07, 6.45) is 2.78. The molecule has 0 aromatic carbocycles. The van der Waals surface area contributed by atoms with E-state index in [0.717, 1.165) is 28.6 Å². The second-order valence-electron chi connectivity index (χ2n) is 4.12. The van der Waals surface area contributed by atoms with Crippen LogP contribution in [0.25, 0.3) is 17.2 Å². The van der Waals surface area contributed by atoms with Crippen molar-refractivity contribution < 1.29 is 0 Å². The second kappa shape index (κ2) is 4.47. The summed E-state index contributed by atoms with van der Waals surface area (Å²) in [6, 6.07) is 4.04. The molecule has 0 bridgehead atoms. The Balaban J connectivity index is 2.07. The second-order valence-corrected chi connectivity index (χ2v) is 5.06. The number of nitrogens with zero attached hydrogens (tertiary/aromatic N) is 4. The van der Waals surface area contributed by atoms with Crippen LogP contribution >= 0.6 is 11.3 Å². The van der Waals surface area contributed by atoms with Crippen molar-refractivity contribution in [3.05, 3.63) is 34.3 Å². The van der Waals surface area contributed by atoms with E-state index in [9.17, 15) is 0 Å². The summed E-state index contributed by atoms with van der Waals surface area (Å²) in [4.78, 5) is 4.53. The topological polar surface area (TPSA) is 69.1 Å². The van der Waals surface area contributed by atoms with E-state index in [1.165, 1.54) is 5.56 Å². The van der Waals surface area contributed by atoms with Crippen molar-refractivity contribution in [3.8, 4) is 11.5 Å². The molecule has 0 fully saturated rings. The molecule has 5 nitrogen and oxygen atoms in total. The molecule has 3 aromatic heterocycles. The Kier molecular flexibility index (Phi) is 2.81. The number of nitrogens with two attached hydrogens (primary N) is 1. The van der Waals surface area contributed by atoms with Gasteiger partial charge in [-0.2, -0.15) is 0 Å². The molecule has 0 saturated heterocycles. The molecule has 0 radical (unpaired) electrons. The number of hydrogen-bond acceptors (Lipinski definition) is 5. The molecule has 0 aliphatic heterocycles. The first kappa shape index (κ1) is 11.3. The van der Waals surface area contributed by atoms with Gasteiger partial charge in [0.05, 0.1) is 5.01 Å². The standard InChI is InChI=1S/C12H13N5S/c1-8-3-5-17-10(6-8)15-16-12(17)9-7-18-11(14-9)2-4-13/h3,5-7H,2,4,13H2,1H3. The normalized spacial score (nSPS) is 11.2. The first-order chi connectivity index (χ1) is 8.78. The number of fused-ring (bicyclic) bond motifs is 1. The molecular weight excluding hydrogens is 246 g/mol. The molecule has 0 saturated carbocycles. The quantitative estimate of drug-likeness (QED) is 0.776. The highest BCUT2D eigenvalue weighted by molar-refractivity contribution is 7.09. The van der Waals surface area contributed by atoms with Crippen LogP contribution in [0.5, 0.6) is 0 Å². The largest absolute Gasteiger partial charge is 0.330 e. The van der Waals surface area contributed by atoms with Crippen LogP contribution in [0.15, 0.2) is 23.7 Å². The summed E-state index contributed by atoms with van der Waals surface area (Å²) < 4.78 is 1.95. The van der Waals surface area contributed by atoms with Crippen LogP contribution in [0.2, 0.25) is 0 Å². The van der Waals surface area contributed by atoms with Gasteiger partial charge in [0.25, 0.3) is 0 Å². The minimum atomic E-state index is 0.618. The molecule has 3 aromatic rings. The number of thiazole rings is 1. The van der Waals surface area contributed by atoms with E-state index in [1.54, 1.807) is 11.3 Å². The van der Waals surface area contributed by atoms with Crippen molar-refractivity contribution >= 4 is 17.0 Å². The molecule has 18 heavy (non-hydrogen) atoms. The molecule has 0 atom stereocenters. The maximum atomic E-state index is 5.53. The van der Waals surface area contributed by atoms with Crippen molar-refractivity contribution in [2.75, 3.05) is 6.54 Å². The van der Waals surface area contributed by atoms with Crippen LogP contribution in [0.4, 0.5) is 0 Å². The number of aryl methyl sites for hydroxylation is 1. The number of rotatable bonds is 3. The highest BCUT2D eigenvalue weighted by Crippen LogP contribution is 2.21. The molecule has 3 rings (SSSR count). The summed E-state index contributed by atoms with van der Waals surface area (Å²) in [6.45, 7) is 2.66. The van der Waals surface area contributed by atoms with Crippen LogP contribution < -0.4 is 5.73 Å². The summed E-state index contributed by atoms with van der Waals surface area (Å²) in [5, 5.41) is 11.4. The third-order valence-electron chi connectivity index (χ3n) is 2.70. The van der Waals surface area contributed by atoms with Crippen molar-refractivity contribution in [1.82, 2.24) is 19.6 Å². The Morgan fingerprint density at radius 1 is 1.39 bits per heavy atom. The highest BCUT2D eigenvalue weighted by Gasteiger charge is 2.11. The molecule has 0 amide bonds. The Hall–Kier alpha value is -1.79. The number of pyridine rings is 1. The van der Waals surface area contributed by atoms with Gasteiger partial charge in [-0.25, -0.2) is 4.98 Å². The average Bonchev–Trinajstić information content (AvgIpc) is 2.95. The highest BCUT2D eigenvalue weighted by atomic mass is 32.1. The lowest BCUT2D eigenvalue weighted by atomic mass is 10.3. The summed E-state index contributed by atoms with van der Waals surface area (Å²) in [5.41, 5.74) is 8.41. The molecule has 0 aliphatic rings. The minimum Gasteiger partial charge on any atom is -0.330 e. The van der Waals surface area contributed by atoms with E-state index in [4.69, 9.17) is 5.73 Å². The molecule has 2 N–H and O–H groups in total. The Morgan fingerprint density at radius 3 is 3.11 bits per heavy atom. The predicted octanol–water partition coefficient (Wildman–Crippen LogP) is 1.66. The molecule has 92 valence electrons. The zero-order valence-corrected chi connectivity index (χ0v) is 10.8. The fourth-order valence-electron chi connectivity index (χ4n) is 1.82. The third-order valence-corrected chi connectivity index (χ3v) is 3.61. The van der Waals surface area contributed by atoms with Gasteiger partial charge in [0.2, 0.25) is 0 Å². The van der Waals surface area contributed by atoms with Gasteiger partial charge in [-0.05, 0) is 31.2 Å². The van der Waals surface area contributed by atoms with Crippen LogP contribution in [-0.4, -0.2) is 26.1 Å². The van der Waals surface area contributed by atoms with Gasteiger partial charge in [-0.3, -0.25) is 4.40 Å². The predicted molar refractivity (Wildman–Crippen MR) is 71.6 cm³/mol. The van der Waals surface area contributed by atoms with E-state index in [-0.39, 0.29) is 0 Å². The van der Waals surface area contributed by atoms with Crippen molar-refractivity contribution in [2.45, 2.75) is 13.3 Å². The first-order valence-corrected chi connectivity index (χ1v) is 6.62. The van der Waals surface area contributed by atoms with E-state index < -0.39 is 0 Å². The van der Waals surface area contributed by atoms with Crippen molar-refractivity contribution in [2.24, 2.45) is 5.73 Å². The molecule has 3 heterocycles. The van der Waals surface area contributed by atoms with E-state index >= 15 is 0 Å². The summed E-state index contributed by atoms with van der Waals surface area (Å²) in [5.74, 6) is 0.782. The van der Waals surface area contributed by atoms with Gasteiger partial charge < -0.3 is 5.73 Å². The van der Waals surface area contributed by atoms with Crippen molar-refractivity contribution in [3.63, 3.8) is 0 Å². The van der Waals surface area contributed by atoms with Crippen LogP contribution in [0.1, 0.15) is 10.6 Å². The van der Waals surface area contributed by atoms with Crippen molar-refractivity contribution in [1.29, 1.82) is 0 Å². The van der Waals surface area contributed by atoms with Gasteiger partial charge in [0, 0.05) is 18.0 Å². The van der Waals surface area contributed by atoms with Crippen LogP contribution in [0, 0.1) is 6.92 Å². The zero-order valence-electron chi connectivity index (χ0n) is 10.00. The van der Waals surface area contributed by atoms with E-state index in [0.29, 0.717) is 6.54 Å². The molecule has 0 spiro atoms. The summed E-state index contributed by atoms with van der Waals surface area (Å²) in [7, 11) is 0.